The Morgan fingerprint density at radius 3 is 2.16 bits per heavy atom. The molecule has 1 aliphatic carbocycles. The molecule has 1 fully saturated rings. The minimum atomic E-state index is -4.16. The van der Waals surface area contributed by atoms with E-state index in [0.717, 1.165) is 3.82 Å². The summed E-state index contributed by atoms with van der Waals surface area (Å²) in [5.74, 6) is -1.32. The van der Waals surface area contributed by atoms with Crippen molar-refractivity contribution in [3.63, 3.8) is 0 Å². The number of hydrogen-bond acceptors (Lipinski definition) is 8. The number of ether oxygens (including phenoxy) is 3. The SMILES string of the molecule is COC(=O)Cc1c(-c2ccc(S(=O)(=O)N(Cl)C3CCCC(C(=O)OC(C)(C)C)C3)cc2)n(C(=O)OC(C)(C)C)c2ccccc12. The lowest BCUT2D eigenvalue weighted by atomic mass is 9.86. The maximum Gasteiger partial charge on any atom is 0.419 e. The number of hydrogen-bond donors (Lipinski definition) is 0. The van der Waals surface area contributed by atoms with Gasteiger partial charge in [0.25, 0.3) is 10.0 Å². The molecule has 1 aromatic heterocycles. The van der Waals surface area contributed by atoms with Crippen molar-refractivity contribution in [3.8, 4) is 11.3 Å². The molecule has 2 unspecified atom stereocenters. The molecule has 2 aromatic carbocycles. The van der Waals surface area contributed by atoms with Crippen LogP contribution in [0, 0.1) is 5.92 Å². The third-order valence-corrected chi connectivity index (χ3v) is 9.88. The van der Waals surface area contributed by atoms with Gasteiger partial charge in [-0.3, -0.25) is 9.59 Å². The van der Waals surface area contributed by atoms with Gasteiger partial charge >= 0.3 is 18.0 Å². The van der Waals surface area contributed by atoms with E-state index in [2.05, 4.69) is 0 Å². The lowest BCUT2D eigenvalue weighted by Gasteiger charge is -2.33. The summed E-state index contributed by atoms with van der Waals surface area (Å²) in [5.41, 5.74) is 0.485. The number of aromatic nitrogens is 1. The number of halogens is 1. The van der Waals surface area contributed by atoms with Crippen LogP contribution < -0.4 is 0 Å². The maximum atomic E-state index is 13.6. The molecule has 45 heavy (non-hydrogen) atoms. The first-order chi connectivity index (χ1) is 20.9. The highest BCUT2D eigenvalue weighted by atomic mass is 35.5. The zero-order valence-electron chi connectivity index (χ0n) is 26.8. The lowest BCUT2D eigenvalue weighted by molar-refractivity contribution is -0.161. The number of methoxy groups -OCH3 is 1. The zero-order valence-corrected chi connectivity index (χ0v) is 28.3. The molecule has 2 atom stereocenters. The molecule has 0 saturated heterocycles. The van der Waals surface area contributed by atoms with Gasteiger partial charge in [0.2, 0.25) is 0 Å². The molecule has 0 amide bonds. The van der Waals surface area contributed by atoms with Crippen molar-refractivity contribution < 1.29 is 37.0 Å². The summed E-state index contributed by atoms with van der Waals surface area (Å²) in [4.78, 5) is 38.7. The Labute approximate surface area is 269 Å². The van der Waals surface area contributed by atoms with Crippen LogP contribution in [0.1, 0.15) is 72.8 Å². The fourth-order valence-corrected chi connectivity index (χ4v) is 7.21. The molecule has 1 saturated carbocycles. The summed E-state index contributed by atoms with van der Waals surface area (Å²) in [5, 5.41) is 0.657. The van der Waals surface area contributed by atoms with Crippen LogP contribution in [0.5, 0.6) is 0 Å². The molecule has 12 heteroatoms. The molecule has 4 rings (SSSR count). The van der Waals surface area contributed by atoms with Crippen LogP contribution >= 0.6 is 11.8 Å². The van der Waals surface area contributed by atoms with Gasteiger partial charge in [-0.1, -0.05) is 36.8 Å². The topological polar surface area (TPSA) is 121 Å². The van der Waals surface area contributed by atoms with Gasteiger partial charge < -0.3 is 14.2 Å². The van der Waals surface area contributed by atoms with E-state index in [0.29, 0.717) is 47.0 Å². The Kier molecular flexibility index (Phi) is 10.1. The summed E-state index contributed by atoms with van der Waals surface area (Å²) in [7, 11) is -2.87. The highest BCUT2D eigenvalue weighted by Crippen LogP contribution is 2.37. The van der Waals surface area contributed by atoms with Gasteiger partial charge in [-0.25, -0.2) is 17.8 Å². The van der Waals surface area contributed by atoms with Gasteiger partial charge in [0.15, 0.2) is 0 Å². The van der Waals surface area contributed by atoms with E-state index < -0.39 is 45.2 Å². The summed E-state index contributed by atoms with van der Waals surface area (Å²) in [6.45, 7) is 10.6. The van der Waals surface area contributed by atoms with Gasteiger partial charge in [-0.15, -0.1) is 3.82 Å². The summed E-state index contributed by atoms with van der Waals surface area (Å²) in [6.07, 6.45) is 1.22. The van der Waals surface area contributed by atoms with Crippen LogP contribution in [0.25, 0.3) is 22.2 Å². The average Bonchev–Trinajstić information content (AvgIpc) is 3.29. The van der Waals surface area contributed by atoms with E-state index >= 15 is 0 Å². The number of carbonyl (C=O) groups is 3. The van der Waals surface area contributed by atoms with Crippen LogP contribution in [0.15, 0.2) is 53.4 Å². The predicted octanol–water partition coefficient (Wildman–Crippen LogP) is 6.85. The highest BCUT2D eigenvalue weighted by Gasteiger charge is 2.38. The van der Waals surface area contributed by atoms with E-state index in [-0.39, 0.29) is 23.7 Å². The predicted molar refractivity (Wildman–Crippen MR) is 171 cm³/mol. The zero-order chi connectivity index (χ0) is 33.3. The Bertz CT molecular complexity index is 1680. The Hall–Kier alpha value is -3.41. The van der Waals surface area contributed by atoms with Crippen molar-refractivity contribution in [2.75, 3.05) is 7.11 Å². The average molecular weight is 661 g/mol. The van der Waals surface area contributed by atoms with E-state index in [1.54, 1.807) is 77.9 Å². The fraction of sp³-hybridized carbons (Fsp3) is 0.485. The molecule has 1 aliphatic rings. The third-order valence-electron chi connectivity index (χ3n) is 7.43. The maximum absolute atomic E-state index is 13.6. The molecule has 1 heterocycles. The van der Waals surface area contributed by atoms with Crippen molar-refractivity contribution in [1.29, 1.82) is 0 Å². The second-order valence-corrected chi connectivity index (χ2v) is 15.6. The Morgan fingerprint density at radius 2 is 1.56 bits per heavy atom. The number of para-hydroxylation sites is 1. The van der Waals surface area contributed by atoms with Crippen molar-refractivity contribution in [1.82, 2.24) is 8.39 Å². The molecule has 0 radical (unpaired) electrons. The van der Waals surface area contributed by atoms with Crippen molar-refractivity contribution >= 4 is 50.7 Å². The summed E-state index contributed by atoms with van der Waals surface area (Å²) in [6, 6.07) is 12.5. The van der Waals surface area contributed by atoms with Crippen LogP contribution in [0.3, 0.4) is 0 Å². The highest BCUT2D eigenvalue weighted by molar-refractivity contribution is 7.90. The van der Waals surface area contributed by atoms with Crippen LogP contribution in [0.2, 0.25) is 0 Å². The molecular weight excluding hydrogens is 620 g/mol. The van der Waals surface area contributed by atoms with E-state index in [4.69, 9.17) is 26.0 Å². The van der Waals surface area contributed by atoms with E-state index in [9.17, 15) is 22.8 Å². The second-order valence-electron chi connectivity index (χ2n) is 13.2. The Balaban J connectivity index is 1.71. The van der Waals surface area contributed by atoms with Gasteiger partial charge in [-0.05, 0) is 102 Å². The fourth-order valence-electron chi connectivity index (χ4n) is 5.53. The van der Waals surface area contributed by atoms with Crippen LogP contribution in [0.4, 0.5) is 4.79 Å². The molecule has 0 bridgehead atoms. The van der Waals surface area contributed by atoms with E-state index in [1.165, 1.54) is 23.8 Å². The largest absolute Gasteiger partial charge is 0.469 e. The normalized spacial score (nSPS) is 17.7. The molecule has 244 valence electrons. The Morgan fingerprint density at radius 1 is 0.933 bits per heavy atom. The molecular formula is C33H41ClN2O8S. The first-order valence-corrected chi connectivity index (χ1v) is 16.7. The number of carbonyl (C=O) groups excluding carboxylic acids is 3. The minimum absolute atomic E-state index is 0.0601. The van der Waals surface area contributed by atoms with Gasteiger partial charge in [-0.2, -0.15) is 0 Å². The number of sulfonamides is 1. The molecule has 0 N–H and O–H groups in total. The monoisotopic (exact) mass is 660 g/mol. The molecule has 0 aliphatic heterocycles. The number of benzene rings is 2. The second kappa shape index (κ2) is 13.1. The smallest absolute Gasteiger partial charge is 0.419 e. The van der Waals surface area contributed by atoms with Crippen molar-refractivity contribution in [2.45, 2.75) is 95.8 Å². The molecule has 3 aromatic rings. The van der Waals surface area contributed by atoms with Gasteiger partial charge in [0, 0.05) is 11.4 Å². The number of rotatable bonds is 7. The van der Waals surface area contributed by atoms with Crippen molar-refractivity contribution in [2.24, 2.45) is 5.92 Å². The quantitative estimate of drug-likeness (QED) is 0.153. The minimum Gasteiger partial charge on any atom is -0.469 e. The molecule has 10 nitrogen and oxygen atoms in total. The van der Waals surface area contributed by atoms with Crippen LogP contribution in [-0.2, 0) is 40.2 Å². The number of nitrogens with zero attached hydrogens (tertiary/aromatic N) is 2. The summed E-state index contributed by atoms with van der Waals surface area (Å²) < 4.78 is 45.7. The first kappa shape index (κ1) is 34.5. The van der Waals surface area contributed by atoms with Gasteiger partial charge in [0.05, 0.1) is 35.6 Å². The standard InChI is InChI=1S/C33H41ClN2O8S/c1-32(2,3)43-30(38)22-11-10-12-23(19-22)36(34)45(40,41)24-17-15-21(16-18-24)29-26(20-28(37)42-7)25-13-8-9-14-27(25)35(29)31(39)44-33(4,5)6/h8-9,13-18,22-23H,10-12,19-20H2,1-7H3. The third kappa shape index (κ3) is 7.88. The van der Waals surface area contributed by atoms with Crippen molar-refractivity contribution in [3.05, 3.63) is 54.1 Å². The van der Waals surface area contributed by atoms with Gasteiger partial charge in [0.1, 0.15) is 11.2 Å². The van der Waals surface area contributed by atoms with E-state index in [1.807, 2.05) is 0 Å². The first-order valence-electron chi connectivity index (χ1n) is 14.9. The summed E-state index contributed by atoms with van der Waals surface area (Å²) >= 11 is 6.50. The molecule has 0 spiro atoms. The number of esters is 2. The van der Waals surface area contributed by atoms with Crippen LogP contribution in [-0.4, -0.2) is 59.2 Å². The lowest BCUT2D eigenvalue weighted by Crippen LogP contribution is -2.40. The number of fused-ring (bicyclic) bond motifs is 1.